The van der Waals surface area contributed by atoms with Crippen LogP contribution in [0.4, 0.5) is 4.79 Å². The minimum atomic E-state index is -0.709. The normalized spacial score (nSPS) is 11.1. The summed E-state index contributed by atoms with van der Waals surface area (Å²) in [6.45, 7) is 6.63. The molecule has 0 aliphatic heterocycles. The van der Waals surface area contributed by atoms with Crippen molar-refractivity contribution >= 4 is 30.2 Å². The summed E-state index contributed by atoms with van der Waals surface area (Å²) in [5, 5.41) is 0. The molecule has 2 rings (SSSR count). The van der Waals surface area contributed by atoms with Crippen molar-refractivity contribution in [3.63, 3.8) is 0 Å². The first-order valence-electron chi connectivity index (χ1n) is 7.31. The first-order chi connectivity index (χ1) is 11.9. The van der Waals surface area contributed by atoms with Crippen LogP contribution in [0.2, 0.25) is 0 Å². The van der Waals surface area contributed by atoms with Crippen molar-refractivity contribution in [1.82, 2.24) is 4.57 Å². The molecule has 6 nitrogen and oxygen atoms in total. The predicted molar refractivity (Wildman–Crippen MR) is 95.5 cm³/mol. The SMILES string of the molecule is C=C/C(=C\c1oc(=S)n(C(=O)Oc2ccc(OC)cc2)c1C)C(C)=O. The van der Waals surface area contributed by atoms with Crippen LogP contribution in [0.3, 0.4) is 0 Å². The molecule has 0 saturated carbocycles. The Hall–Kier alpha value is -2.93. The van der Waals surface area contributed by atoms with Crippen molar-refractivity contribution in [2.24, 2.45) is 0 Å². The number of rotatable bonds is 5. The molecule has 0 amide bonds. The van der Waals surface area contributed by atoms with Gasteiger partial charge in [-0.3, -0.25) is 4.79 Å². The fraction of sp³-hybridized carbons (Fsp3) is 0.167. The molecular formula is C18H17NO5S. The number of ether oxygens (including phenoxy) is 2. The summed E-state index contributed by atoms with van der Waals surface area (Å²) >= 11 is 5.08. The number of Topliss-reactive ketones (excluding diaryl/α,β-unsaturated/α-hetero) is 1. The van der Waals surface area contributed by atoms with E-state index in [-0.39, 0.29) is 10.6 Å². The molecule has 2 aromatic rings. The van der Waals surface area contributed by atoms with E-state index < -0.39 is 6.09 Å². The van der Waals surface area contributed by atoms with E-state index in [0.29, 0.717) is 28.5 Å². The van der Waals surface area contributed by atoms with Crippen LogP contribution in [0.15, 0.2) is 46.9 Å². The van der Waals surface area contributed by atoms with Crippen molar-refractivity contribution in [2.75, 3.05) is 7.11 Å². The molecule has 0 N–H and O–H groups in total. The van der Waals surface area contributed by atoms with Gasteiger partial charge in [0.05, 0.1) is 12.8 Å². The van der Waals surface area contributed by atoms with Crippen molar-refractivity contribution in [3.8, 4) is 11.5 Å². The molecule has 130 valence electrons. The van der Waals surface area contributed by atoms with Crippen LogP contribution in [0.1, 0.15) is 18.4 Å². The summed E-state index contributed by atoms with van der Waals surface area (Å²) in [6, 6.07) is 6.53. The van der Waals surface area contributed by atoms with Crippen molar-refractivity contribution in [2.45, 2.75) is 13.8 Å². The highest BCUT2D eigenvalue weighted by molar-refractivity contribution is 7.71. The Morgan fingerprint density at radius 3 is 2.36 bits per heavy atom. The lowest BCUT2D eigenvalue weighted by atomic mass is 10.1. The maximum absolute atomic E-state index is 12.4. The Morgan fingerprint density at radius 2 is 1.84 bits per heavy atom. The molecule has 1 aromatic heterocycles. The lowest BCUT2D eigenvalue weighted by Crippen LogP contribution is -2.18. The van der Waals surface area contributed by atoms with Crippen LogP contribution in [0.25, 0.3) is 6.08 Å². The Morgan fingerprint density at radius 1 is 1.24 bits per heavy atom. The third kappa shape index (κ3) is 4.13. The van der Waals surface area contributed by atoms with Gasteiger partial charge in [-0.2, -0.15) is 0 Å². The number of carbonyl (C=O) groups is 2. The molecule has 0 saturated heterocycles. The van der Waals surface area contributed by atoms with Gasteiger partial charge in [0.2, 0.25) is 0 Å². The topological polar surface area (TPSA) is 70.7 Å². The highest BCUT2D eigenvalue weighted by Gasteiger charge is 2.18. The number of oxazole rings is 1. The Bertz CT molecular complexity index is 903. The first-order valence-corrected chi connectivity index (χ1v) is 7.72. The fourth-order valence-corrected chi connectivity index (χ4v) is 2.34. The predicted octanol–water partition coefficient (Wildman–Crippen LogP) is 4.33. The van der Waals surface area contributed by atoms with Crippen LogP contribution >= 0.6 is 12.2 Å². The zero-order valence-electron chi connectivity index (χ0n) is 14.1. The largest absolute Gasteiger partial charge is 0.497 e. The molecule has 0 atom stereocenters. The molecule has 1 heterocycles. The second kappa shape index (κ2) is 7.76. The minimum absolute atomic E-state index is 0.0748. The summed E-state index contributed by atoms with van der Waals surface area (Å²) < 4.78 is 16.9. The fourth-order valence-electron chi connectivity index (χ4n) is 2.04. The van der Waals surface area contributed by atoms with Crippen molar-refractivity contribution < 1.29 is 23.5 Å². The summed E-state index contributed by atoms with van der Waals surface area (Å²) in [6.07, 6.45) is 2.18. The lowest BCUT2D eigenvalue weighted by Gasteiger charge is -2.06. The molecule has 0 fully saturated rings. The number of methoxy groups -OCH3 is 1. The van der Waals surface area contributed by atoms with Crippen LogP contribution in [0, 0.1) is 11.8 Å². The van der Waals surface area contributed by atoms with E-state index in [9.17, 15) is 9.59 Å². The summed E-state index contributed by atoms with van der Waals surface area (Å²) in [7, 11) is 1.54. The number of hydrogen-bond donors (Lipinski definition) is 0. The van der Waals surface area contributed by atoms with Gasteiger partial charge in [0, 0.05) is 5.57 Å². The Balaban J connectivity index is 2.33. The van der Waals surface area contributed by atoms with E-state index in [1.165, 1.54) is 19.1 Å². The zero-order chi connectivity index (χ0) is 18.6. The van der Waals surface area contributed by atoms with E-state index in [1.54, 1.807) is 38.3 Å². The summed E-state index contributed by atoms with van der Waals surface area (Å²) in [4.78, 5) is 23.8. The van der Waals surface area contributed by atoms with Gasteiger partial charge in [-0.25, -0.2) is 9.36 Å². The maximum Gasteiger partial charge on any atom is 0.427 e. The summed E-state index contributed by atoms with van der Waals surface area (Å²) in [5.74, 6) is 1.09. The Labute approximate surface area is 150 Å². The quantitative estimate of drug-likeness (QED) is 0.449. The second-order valence-corrected chi connectivity index (χ2v) is 5.41. The van der Waals surface area contributed by atoms with E-state index in [2.05, 4.69) is 6.58 Å². The van der Waals surface area contributed by atoms with Crippen LogP contribution < -0.4 is 9.47 Å². The first kappa shape index (κ1) is 18.4. The molecule has 0 aliphatic carbocycles. The molecule has 1 aromatic carbocycles. The number of allylic oxidation sites excluding steroid dienone is 2. The zero-order valence-corrected chi connectivity index (χ0v) is 14.9. The van der Waals surface area contributed by atoms with Crippen LogP contribution in [0.5, 0.6) is 11.5 Å². The standard InChI is InChI=1S/C18H17NO5S/c1-5-13(12(3)20)10-16-11(2)19(18(25)24-16)17(21)23-15-8-6-14(22-4)7-9-15/h5-10H,1H2,2-4H3/b13-10+. The maximum atomic E-state index is 12.4. The highest BCUT2D eigenvalue weighted by Crippen LogP contribution is 2.20. The van der Waals surface area contributed by atoms with Gasteiger partial charge in [0.25, 0.3) is 4.84 Å². The highest BCUT2D eigenvalue weighted by atomic mass is 32.1. The van der Waals surface area contributed by atoms with Crippen LogP contribution in [-0.2, 0) is 4.79 Å². The van der Waals surface area contributed by atoms with E-state index >= 15 is 0 Å². The third-order valence-corrected chi connectivity index (χ3v) is 3.70. The van der Waals surface area contributed by atoms with Gasteiger partial charge in [-0.1, -0.05) is 12.7 Å². The minimum Gasteiger partial charge on any atom is -0.497 e. The second-order valence-electron chi connectivity index (χ2n) is 5.06. The van der Waals surface area contributed by atoms with E-state index in [4.69, 9.17) is 26.1 Å². The monoisotopic (exact) mass is 359 g/mol. The van der Waals surface area contributed by atoms with Gasteiger partial charge < -0.3 is 13.9 Å². The van der Waals surface area contributed by atoms with Gasteiger partial charge >= 0.3 is 6.09 Å². The molecule has 0 aliphatic rings. The van der Waals surface area contributed by atoms with Crippen LogP contribution in [-0.4, -0.2) is 23.6 Å². The summed E-state index contributed by atoms with van der Waals surface area (Å²) in [5.41, 5.74) is 0.770. The van der Waals surface area contributed by atoms with E-state index in [0.717, 1.165) is 4.57 Å². The van der Waals surface area contributed by atoms with Crippen molar-refractivity contribution in [3.05, 3.63) is 58.8 Å². The molecule has 25 heavy (non-hydrogen) atoms. The van der Waals surface area contributed by atoms with Gasteiger partial charge in [-0.05, 0) is 56.4 Å². The molecule has 7 heteroatoms. The van der Waals surface area contributed by atoms with Gasteiger partial charge in [-0.15, -0.1) is 0 Å². The molecule has 0 spiro atoms. The van der Waals surface area contributed by atoms with E-state index in [1.807, 2.05) is 0 Å². The number of benzene rings is 1. The van der Waals surface area contributed by atoms with Gasteiger partial charge in [0.1, 0.15) is 11.5 Å². The average molecular weight is 359 g/mol. The number of nitrogens with zero attached hydrogens (tertiary/aromatic N) is 1. The number of ketones is 1. The number of hydrogen-bond acceptors (Lipinski definition) is 6. The Kier molecular flexibility index (Phi) is 5.71. The van der Waals surface area contributed by atoms with Crippen molar-refractivity contribution in [1.29, 1.82) is 0 Å². The molecule has 0 radical (unpaired) electrons. The average Bonchev–Trinajstić information content (AvgIpc) is 2.86. The smallest absolute Gasteiger partial charge is 0.427 e. The van der Waals surface area contributed by atoms with Gasteiger partial charge in [0.15, 0.2) is 11.5 Å². The number of aromatic nitrogens is 1. The number of carbonyl (C=O) groups excluding carboxylic acids is 2. The lowest BCUT2D eigenvalue weighted by molar-refractivity contribution is -0.113. The molecule has 0 bridgehead atoms. The molecule has 0 unspecified atom stereocenters. The third-order valence-electron chi connectivity index (χ3n) is 3.43. The molecular weight excluding hydrogens is 342 g/mol.